The van der Waals surface area contributed by atoms with Crippen LogP contribution in [0.25, 0.3) is 0 Å². The Kier molecular flexibility index (Phi) is 7.08. The highest BCUT2D eigenvalue weighted by atomic mass is 127. The van der Waals surface area contributed by atoms with E-state index in [9.17, 15) is 0 Å². The van der Waals surface area contributed by atoms with Crippen molar-refractivity contribution < 1.29 is 0 Å². The number of halogens is 2. The molecule has 0 bridgehead atoms. The molecule has 0 aromatic rings. The summed E-state index contributed by atoms with van der Waals surface area (Å²) in [6.07, 6.45) is 13.5. The third kappa shape index (κ3) is 4.59. The van der Waals surface area contributed by atoms with Crippen molar-refractivity contribution >= 4 is 45.2 Å². The Morgan fingerprint density at radius 2 is 2.05 bits per heavy atom. The highest BCUT2D eigenvalue weighted by Gasteiger charge is 2.27. The first-order valence-corrected chi connectivity index (χ1v) is 9.23. The van der Waals surface area contributed by atoms with Crippen LogP contribution in [0.1, 0.15) is 33.6 Å². The van der Waals surface area contributed by atoms with Crippen LogP contribution in [0.2, 0.25) is 0 Å². The molecule has 0 atom stereocenters. The van der Waals surface area contributed by atoms with Crippen molar-refractivity contribution in [2.24, 2.45) is 5.41 Å². The Hall–Kier alpha value is 0.160. The third-order valence-electron chi connectivity index (χ3n) is 3.48. The van der Waals surface area contributed by atoms with E-state index in [2.05, 4.69) is 103 Å². The Morgan fingerprint density at radius 1 is 1.37 bits per heavy atom. The maximum Gasteiger partial charge on any atom is 0.0182 e. The van der Waals surface area contributed by atoms with Crippen LogP contribution in [-0.2, 0) is 0 Å². The minimum atomic E-state index is -0.00534. The molecule has 0 aromatic heterocycles. The molecule has 0 amide bonds. The molecular formula is C17H22I2. The average molecular weight is 480 g/mol. The van der Waals surface area contributed by atoms with Gasteiger partial charge in [0.05, 0.1) is 0 Å². The van der Waals surface area contributed by atoms with E-state index in [-0.39, 0.29) is 5.41 Å². The molecule has 0 aromatic carbocycles. The number of allylic oxidation sites excluding steroid dienone is 9. The molecule has 1 rings (SSSR count). The summed E-state index contributed by atoms with van der Waals surface area (Å²) in [5.74, 6) is 0. The van der Waals surface area contributed by atoms with Crippen molar-refractivity contribution in [2.45, 2.75) is 33.6 Å². The van der Waals surface area contributed by atoms with Gasteiger partial charge in [-0.05, 0) is 58.2 Å². The van der Waals surface area contributed by atoms with Gasteiger partial charge in [-0.3, -0.25) is 0 Å². The molecule has 2 heteroatoms. The van der Waals surface area contributed by atoms with Gasteiger partial charge in [0.2, 0.25) is 0 Å². The zero-order valence-electron chi connectivity index (χ0n) is 12.0. The smallest absolute Gasteiger partial charge is 0.0182 e. The quantitative estimate of drug-likeness (QED) is 0.311. The largest absolute Gasteiger partial charge is 0.0949 e. The fraction of sp³-hybridized carbons (Fsp3) is 0.412. The third-order valence-corrected chi connectivity index (χ3v) is 4.59. The summed E-state index contributed by atoms with van der Waals surface area (Å²) in [5.41, 5.74) is 4.05. The van der Waals surface area contributed by atoms with E-state index in [0.717, 1.165) is 17.3 Å². The molecule has 0 nitrogen and oxygen atoms in total. The Balaban J connectivity index is 3.39. The minimum absolute atomic E-state index is 0.00534. The normalized spacial score (nSPS) is 28.5. The lowest BCUT2D eigenvalue weighted by atomic mass is 9.74. The van der Waals surface area contributed by atoms with Gasteiger partial charge in [0.25, 0.3) is 0 Å². The molecular weight excluding hydrogens is 458 g/mol. The summed E-state index contributed by atoms with van der Waals surface area (Å²) in [6.45, 7) is 11.1. The standard InChI is InChI=1S/C17H22I2/c1-5-7-14-8-6-9-15(19)12-13(2)17(3,4)16(14)10-11-18/h6-7,9-10,12H,2,5,8,11H2,1,3-4H3/b9-6-,14-7-,15-12+,16-10+. The van der Waals surface area contributed by atoms with E-state index in [0.29, 0.717) is 0 Å². The molecule has 0 fully saturated rings. The number of hydrogen-bond donors (Lipinski definition) is 0. The molecule has 1 aliphatic carbocycles. The van der Waals surface area contributed by atoms with Crippen LogP contribution in [0.5, 0.6) is 0 Å². The SMILES string of the molecule is C=C1/C=C(I)\C=C/CC(=C/CC)/C(=C\CI)C1(C)C. The van der Waals surface area contributed by atoms with Crippen LogP contribution in [0.4, 0.5) is 0 Å². The molecule has 0 radical (unpaired) electrons. The van der Waals surface area contributed by atoms with Gasteiger partial charge in [0.1, 0.15) is 0 Å². The van der Waals surface area contributed by atoms with Gasteiger partial charge in [-0.2, -0.15) is 0 Å². The fourth-order valence-corrected chi connectivity index (χ4v) is 3.35. The summed E-state index contributed by atoms with van der Waals surface area (Å²) in [7, 11) is 0. The summed E-state index contributed by atoms with van der Waals surface area (Å²) in [4.78, 5) is 0. The van der Waals surface area contributed by atoms with Crippen LogP contribution < -0.4 is 0 Å². The number of rotatable bonds is 2. The van der Waals surface area contributed by atoms with Crippen molar-refractivity contribution in [3.8, 4) is 0 Å². The van der Waals surface area contributed by atoms with Gasteiger partial charge >= 0.3 is 0 Å². The van der Waals surface area contributed by atoms with Crippen molar-refractivity contribution in [1.29, 1.82) is 0 Å². The zero-order chi connectivity index (χ0) is 14.5. The molecule has 0 N–H and O–H groups in total. The van der Waals surface area contributed by atoms with E-state index in [1.807, 2.05) is 0 Å². The number of hydrogen-bond acceptors (Lipinski definition) is 0. The average Bonchev–Trinajstić information content (AvgIpc) is 2.37. The lowest BCUT2D eigenvalue weighted by Crippen LogP contribution is -2.18. The first kappa shape index (κ1) is 17.2. The monoisotopic (exact) mass is 480 g/mol. The van der Waals surface area contributed by atoms with Crippen molar-refractivity contribution in [3.05, 3.63) is 57.3 Å². The second-order valence-corrected chi connectivity index (χ2v) is 7.32. The maximum atomic E-state index is 4.30. The predicted molar refractivity (Wildman–Crippen MR) is 104 cm³/mol. The Labute approximate surface area is 145 Å². The van der Waals surface area contributed by atoms with Crippen LogP contribution in [0, 0.1) is 5.41 Å². The second kappa shape index (κ2) is 7.81. The molecule has 0 spiro atoms. The Bertz CT molecular complexity index is 460. The van der Waals surface area contributed by atoms with Crippen LogP contribution in [-0.4, -0.2) is 4.43 Å². The van der Waals surface area contributed by atoms with Gasteiger partial charge in [-0.25, -0.2) is 0 Å². The van der Waals surface area contributed by atoms with Gasteiger partial charge < -0.3 is 0 Å². The van der Waals surface area contributed by atoms with Gasteiger partial charge in [0, 0.05) is 13.4 Å². The second-order valence-electron chi connectivity index (χ2n) is 5.20. The molecule has 19 heavy (non-hydrogen) atoms. The van der Waals surface area contributed by atoms with Crippen molar-refractivity contribution in [2.75, 3.05) is 4.43 Å². The Morgan fingerprint density at radius 3 is 2.63 bits per heavy atom. The summed E-state index contributed by atoms with van der Waals surface area (Å²) in [5, 5.41) is 0. The lowest BCUT2D eigenvalue weighted by Gasteiger charge is -2.31. The highest BCUT2D eigenvalue weighted by molar-refractivity contribution is 14.1. The van der Waals surface area contributed by atoms with E-state index in [1.165, 1.54) is 20.3 Å². The molecule has 104 valence electrons. The molecule has 0 aliphatic heterocycles. The first-order chi connectivity index (χ1) is 8.93. The van der Waals surface area contributed by atoms with E-state index in [4.69, 9.17) is 0 Å². The summed E-state index contributed by atoms with van der Waals surface area (Å²) in [6, 6.07) is 0. The molecule has 0 saturated heterocycles. The molecule has 0 heterocycles. The van der Waals surface area contributed by atoms with E-state index in [1.54, 1.807) is 0 Å². The molecule has 1 aliphatic rings. The van der Waals surface area contributed by atoms with Crippen molar-refractivity contribution in [1.82, 2.24) is 0 Å². The van der Waals surface area contributed by atoms with E-state index < -0.39 is 0 Å². The minimum Gasteiger partial charge on any atom is -0.0949 e. The zero-order valence-corrected chi connectivity index (χ0v) is 16.3. The van der Waals surface area contributed by atoms with Crippen LogP contribution >= 0.6 is 45.2 Å². The van der Waals surface area contributed by atoms with Gasteiger partial charge in [0.15, 0.2) is 0 Å². The summed E-state index contributed by atoms with van der Waals surface area (Å²) < 4.78 is 2.29. The number of alkyl halides is 1. The van der Waals surface area contributed by atoms with Crippen LogP contribution in [0.3, 0.4) is 0 Å². The first-order valence-electron chi connectivity index (χ1n) is 6.62. The fourth-order valence-electron chi connectivity index (χ4n) is 2.28. The molecule has 0 unspecified atom stereocenters. The van der Waals surface area contributed by atoms with E-state index >= 15 is 0 Å². The van der Waals surface area contributed by atoms with Crippen LogP contribution in [0.15, 0.2) is 57.3 Å². The maximum absolute atomic E-state index is 4.30. The lowest BCUT2D eigenvalue weighted by molar-refractivity contribution is 0.557. The molecule has 0 saturated carbocycles. The highest BCUT2D eigenvalue weighted by Crippen LogP contribution is 2.41. The predicted octanol–water partition coefficient (Wildman–Crippen LogP) is 6.55. The topological polar surface area (TPSA) is 0 Å². The summed E-state index contributed by atoms with van der Waals surface area (Å²) >= 11 is 4.80. The van der Waals surface area contributed by atoms with Gasteiger partial charge in [-0.1, -0.05) is 74.2 Å². The van der Waals surface area contributed by atoms with Crippen molar-refractivity contribution in [3.63, 3.8) is 0 Å². The van der Waals surface area contributed by atoms with Gasteiger partial charge in [-0.15, -0.1) is 0 Å².